The molecule has 0 aromatic rings. The lowest BCUT2D eigenvalue weighted by molar-refractivity contribution is -0.873. The number of carbonyl (C=O) groups is 2. The number of hydrogen-bond acceptors (Lipinski definition) is 4. The Balaban J connectivity index is 3.89. The molecule has 0 fully saturated rings. The lowest BCUT2D eigenvalue weighted by atomic mass is 10.1. The van der Waals surface area contributed by atoms with Crippen LogP contribution in [-0.4, -0.2) is 56.8 Å². The molecular formula is C42H80NO4+. The number of likely N-dealkylation sites (N-methyl/N-ethyl adjacent to an activating group) is 1. The van der Waals surface area contributed by atoms with E-state index in [9.17, 15) is 9.59 Å². The van der Waals surface area contributed by atoms with Gasteiger partial charge < -0.3 is 14.0 Å². The second kappa shape index (κ2) is 34.3. The monoisotopic (exact) mass is 663 g/mol. The van der Waals surface area contributed by atoms with Crippen molar-refractivity contribution in [1.29, 1.82) is 0 Å². The molecule has 276 valence electrons. The molecule has 0 saturated carbocycles. The van der Waals surface area contributed by atoms with E-state index in [2.05, 4.69) is 59.3 Å². The molecule has 5 nitrogen and oxygen atoms in total. The van der Waals surface area contributed by atoms with E-state index in [4.69, 9.17) is 9.47 Å². The molecule has 47 heavy (non-hydrogen) atoms. The van der Waals surface area contributed by atoms with Gasteiger partial charge in [0.1, 0.15) is 13.2 Å². The molecule has 0 saturated heterocycles. The van der Waals surface area contributed by atoms with Crippen molar-refractivity contribution in [2.24, 2.45) is 0 Å². The largest absolute Gasteiger partial charge is 0.461 e. The molecule has 0 bridgehead atoms. The van der Waals surface area contributed by atoms with Crippen LogP contribution in [0.2, 0.25) is 0 Å². The molecule has 1 atom stereocenters. The first-order valence-electron chi connectivity index (χ1n) is 20.2. The Morgan fingerprint density at radius 1 is 0.489 bits per heavy atom. The zero-order valence-electron chi connectivity index (χ0n) is 32.2. The van der Waals surface area contributed by atoms with Crippen LogP contribution in [0.5, 0.6) is 0 Å². The first-order valence-corrected chi connectivity index (χ1v) is 20.2. The Morgan fingerprint density at radius 2 is 0.830 bits per heavy atom. The van der Waals surface area contributed by atoms with Crippen molar-refractivity contribution in [3.05, 3.63) is 24.3 Å². The van der Waals surface area contributed by atoms with Crippen molar-refractivity contribution in [2.75, 3.05) is 34.3 Å². The van der Waals surface area contributed by atoms with E-state index in [1.54, 1.807) is 0 Å². The zero-order valence-corrected chi connectivity index (χ0v) is 32.2. The van der Waals surface area contributed by atoms with Crippen molar-refractivity contribution < 1.29 is 23.5 Å². The summed E-state index contributed by atoms with van der Waals surface area (Å²) >= 11 is 0. The maximum atomic E-state index is 12.6. The first-order chi connectivity index (χ1) is 22.8. The number of unbranched alkanes of at least 4 members (excludes halogenated alkanes) is 22. The quantitative estimate of drug-likeness (QED) is 0.0293. The number of carbonyl (C=O) groups excluding carboxylic acids is 2. The summed E-state index contributed by atoms with van der Waals surface area (Å²) < 4.78 is 12.0. The molecule has 0 aliphatic rings. The SMILES string of the molecule is CCCCCCCC/C=C/CCCCCCCC(=O)OC[C@@H](C[N+](C)(C)C)OC(=O)CCCCCCC/C=C/CCCCCCCC. The normalized spacial score (nSPS) is 12.7. The van der Waals surface area contributed by atoms with Crippen LogP contribution in [0.3, 0.4) is 0 Å². The Morgan fingerprint density at radius 3 is 1.21 bits per heavy atom. The number of allylic oxidation sites excluding steroid dienone is 4. The van der Waals surface area contributed by atoms with Gasteiger partial charge in [-0.1, -0.05) is 141 Å². The molecule has 0 aromatic heterocycles. The second-order valence-electron chi connectivity index (χ2n) is 14.9. The minimum atomic E-state index is -0.399. The van der Waals surface area contributed by atoms with E-state index >= 15 is 0 Å². The summed E-state index contributed by atoms with van der Waals surface area (Å²) in [4.78, 5) is 24.9. The fraction of sp³-hybridized carbons (Fsp3) is 0.857. The molecule has 0 aliphatic heterocycles. The molecule has 5 heteroatoms. The van der Waals surface area contributed by atoms with Crippen molar-refractivity contribution >= 4 is 11.9 Å². The highest BCUT2D eigenvalue weighted by molar-refractivity contribution is 5.70. The van der Waals surface area contributed by atoms with Crippen molar-refractivity contribution in [1.82, 2.24) is 0 Å². The third kappa shape index (κ3) is 37.1. The number of esters is 2. The minimum absolute atomic E-state index is 0.150. The highest BCUT2D eigenvalue weighted by atomic mass is 16.6. The summed E-state index contributed by atoms with van der Waals surface area (Å²) in [7, 11) is 6.20. The summed E-state index contributed by atoms with van der Waals surface area (Å²) in [6.07, 6.45) is 42.1. The van der Waals surface area contributed by atoms with Crippen LogP contribution in [0.15, 0.2) is 24.3 Å². The third-order valence-corrected chi connectivity index (χ3v) is 8.77. The highest BCUT2D eigenvalue weighted by Gasteiger charge is 2.23. The van der Waals surface area contributed by atoms with E-state index in [1.807, 2.05) is 0 Å². The van der Waals surface area contributed by atoms with E-state index < -0.39 is 6.10 Å². The van der Waals surface area contributed by atoms with Crippen molar-refractivity contribution in [3.8, 4) is 0 Å². The number of quaternary nitrogens is 1. The Labute approximate surface area is 293 Å². The fourth-order valence-corrected chi connectivity index (χ4v) is 5.92. The second-order valence-corrected chi connectivity index (χ2v) is 14.9. The molecule has 0 heterocycles. The van der Waals surface area contributed by atoms with Crippen molar-refractivity contribution in [3.63, 3.8) is 0 Å². The number of rotatable bonds is 35. The molecule has 0 radical (unpaired) electrons. The van der Waals surface area contributed by atoms with E-state index in [0.717, 1.165) is 38.5 Å². The molecule has 0 aliphatic carbocycles. The molecule has 0 amide bonds. The van der Waals surface area contributed by atoms with Crippen LogP contribution < -0.4 is 0 Å². The van der Waals surface area contributed by atoms with E-state index in [-0.39, 0.29) is 18.5 Å². The van der Waals surface area contributed by atoms with Gasteiger partial charge >= 0.3 is 11.9 Å². The average molecular weight is 663 g/mol. The fourth-order valence-electron chi connectivity index (χ4n) is 5.92. The molecule has 0 N–H and O–H groups in total. The lowest BCUT2D eigenvalue weighted by Crippen LogP contribution is -2.45. The van der Waals surface area contributed by atoms with Gasteiger partial charge in [-0.05, 0) is 64.2 Å². The molecule has 0 rings (SSSR count). The van der Waals surface area contributed by atoms with Gasteiger partial charge in [0.2, 0.25) is 0 Å². The highest BCUT2D eigenvalue weighted by Crippen LogP contribution is 2.13. The standard InChI is InChI=1S/C42H80NO4/c1-6-8-10-12-14-16-18-20-22-24-26-28-30-32-34-36-41(44)46-39-40(38-43(3,4)5)47-42(45)37-35-33-31-29-27-25-23-21-19-17-15-13-11-9-7-2/h20-23,40H,6-19,24-39H2,1-5H3/q+1/b22-20+,23-21+/t40-/m1/s1. The molecule has 0 spiro atoms. The first kappa shape index (κ1) is 45.4. The number of ether oxygens (including phenoxy) is 2. The van der Waals surface area contributed by atoms with Gasteiger partial charge in [0, 0.05) is 12.8 Å². The van der Waals surface area contributed by atoms with Gasteiger partial charge in [-0.2, -0.15) is 0 Å². The van der Waals surface area contributed by atoms with Crippen molar-refractivity contribution in [2.45, 2.75) is 200 Å². The minimum Gasteiger partial charge on any atom is -0.461 e. The summed E-state index contributed by atoms with van der Waals surface area (Å²) in [6, 6.07) is 0. The Bertz CT molecular complexity index is 754. The maximum Gasteiger partial charge on any atom is 0.306 e. The van der Waals surface area contributed by atoms with Gasteiger partial charge in [-0.3, -0.25) is 9.59 Å². The van der Waals surface area contributed by atoms with E-state index in [1.165, 1.54) is 128 Å². The van der Waals surface area contributed by atoms with Crippen LogP contribution in [-0.2, 0) is 19.1 Å². The van der Waals surface area contributed by atoms with Gasteiger partial charge in [-0.15, -0.1) is 0 Å². The maximum absolute atomic E-state index is 12.6. The Kier molecular flexibility index (Phi) is 33.1. The smallest absolute Gasteiger partial charge is 0.306 e. The topological polar surface area (TPSA) is 52.6 Å². The average Bonchev–Trinajstić information content (AvgIpc) is 3.03. The number of hydrogen-bond donors (Lipinski definition) is 0. The van der Waals surface area contributed by atoms with Crippen LogP contribution in [0.4, 0.5) is 0 Å². The molecule has 0 unspecified atom stereocenters. The van der Waals surface area contributed by atoms with Crippen LogP contribution >= 0.6 is 0 Å². The zero-order chi connectivity index (χ0) is 34.7. The van der Waals surface area contributed by atoms with Gasteiger partial charge in [0.25, 0.3) is 0 Å². The van der Waals surface area contributed by atoms with Gasteiger partial charge in [0.05, 0.1) is 21.1 Å². The number of nitrogens with zero attached hydrogens (tertiary/aromatic N) is 1. The third-order valence-electron chi connectivity index (χ3n) is 8.77. The summed E-state index contributed by atoms with van der Waals surface area (Å²) in [5.41, 5.74) is 0. The van der Waals surface area contributed by atoms with E-state index in [0.29, 0.717) is 23.9 Å². The Hall–Kier alpha value is -1.62. The summed E-state index contributed by atoms with van der Waals surface area (Å²) in [6.45, 7) is 5.31. The van der Waals surface area contributed by atoms with Crippen LogP contribution in [0.25, 0.3) is 0 Å². The van der Waals surface area contributed by atoms with Crippen LogP contribution in [0.1, 0.15) is 194 Å². The predicted molar refractivity (Wildman–Crippen MR) is 203 cm³/mol. The van der Waals surface area contributed by atoms with Gasteiger partial charge in [0.15, 0.2) is 6.10 Å². The summed E-state index contributed by atoms with van der Waals surface area (Å²) in [5.74, 6) is -0.350. The summed E-state index contributed by atoms with van der Waals surface area (Å²) in [5, 5.41) is 0. The molecular weight excluding hydrogens is 582 g/mol. The van der Waals surface area contributed by atoms with Crippen LogP contribution in [0, 0.1) is 0 Å². The molecule has 0 aromatic carbocycles. The van der Waals surface area contributed by atoms with Gasteiger partial charge in [-0.25, -0.2) is 0 Å². The predicted octanol–water partition coefficient (Wildman–Crippen LogP) is 12.2. The lowest BCUT2D eigenvalue weighted by Gasteiger charge is -2.28.